The lowest BCUT2D eigenvalue weighted by Crippen LogP contribution is -2.16. The lowest BCUT2D eigenvalue weighted by molar-refractivity contribution is 0.100. The van der Waals surface area contributed by atoms with Crippen LogP contribution in [-0.4, -0.2) is 12.5 Å². The van der Waals surface area contributed by atoms with Crippen LogP contribution in [0.15, 0.2) is 66.7 Å². The van der Waals surface area contributed by atoms with Crippen molar-refractivity contribution in [2.24, 2.45) is 5.73 Å². The molecule has 0 fully saturated rings. The number of hydrogen-bond acceptors (Lipinski definition) is 2. The molecule has 0 radical (unpaired) electrons. The number of nitrogens with two attached hydrogens (primary N) is 1. The molecule has 0 unspecified atom stereocenters. The Morgan fingerprint density at radius 2 is 1.59 bits per heavy atom. The maximum atomic E-state index is 11.3. The monoisotopic (exact) mass is 398 g/mol. The van der Waals surface area contributed by atoms with E-state index >= 15 is 0 Å². The molecule has 3 nitrogen and oxygen atoms in total. The molecule has 138 valence electrons. The number of primary amides is 1. The molecule has 0 aromatic heterocycles. The van der Waals surface area contributed by atoms with Crippen LogP contribution in [0.25, 0.3) is 11.1 Å². The van der Waals surface area contributed by atoms with Gasteiger partial charge < -0.3 is 11.1 Å². The van der Waals surface area contributed by atoms with E-state index in [9.17, 15) is 4.79 Å². The summed E-state index contributed by atoms with van der Waals surface area (Å²) in [6, 6.07) is 21.3. The van der Waals surface area contributed by atoms with Crippen molar-refractivity contribution in [2.45, 2.75) is 13.0 Å². The maximum Gasteiger partial charge on any atom is 0.248 e. The lowest BCUT2D eigenvalue weighted by atomic mass is 10.0. The Kier molecular flexibility index (Phi) is 6.51. The highest BCUT2D eigenvalue weighted by Gasteiger charge is 2.04. The summed E-state index contributed by atoms with van der Waals surface area (Å²) in [6.07, 6.45) is 0.884. The number of amides is 1. The van der Waals surface area contributed by atoms with Crippen molar-refractivity contribution in [3.05, 3.63) is 93.5 Å². The third-order valence-electron chi connectivity index (χ3n) is 4.34. The lowest BCUT2D eigenvalue weighted by Gasteiger charge is -2.08. The predicted molar refractivity (Wildman–Crippen MR) is 112 cm³/mol. The summed E-state index contributed by atoms with van der Waals surface area (Å²) in [7, 11) is 0. The molecular formula is C22H20Cl2N2O. The van der Waals surface area contributed by atoms with E-state index in [2.05, 4.69) is 29.6 Å². The third kappa shape index (κ3) is 5.33. The number of halogens is 2. The van der Waals surface area contributed by atoms with Crippen molar-refractivity contribution in [2.75, 3.05) is 6.54 Å². The smallest absolute Gasteiger partial charge is 0.248 e. The van der Waals surface area contributed by atoms with Crippen LogP contribution in [-0.2, 0) is 13.0 Å². The number of benzene rings is 3. The van der Waals surface area contributed by atoms with Gasteiger partial charge in [0.2, 0.25) is 5.91 Å². The number of carbonyl (C=O) groups excluding carboxylic acids is 1. The van der Waals surface area contributed by atoms with E-state index in [1.165, 1.54) is 5.56 Å². The molecule has 1 amide bonds. The second kappa shape index (κ2) is 9.05. The van der Waals surface area contributed by atoms with Crippen molar-refractivity contribution in [3.8, 4) is 11.1 Å². The fourth-order valence-corrected chi connectivity index (χ4v) is 3.15. The summed E-state index contributed by atoms with van der Waals surface area (Å²) in [5, 5.41) is 4.60. The molecule has 0 bridgehead atoms. The van der Waals surface area contributed by atoms with Gasteiger partial charge in [0.05, 0.1) is 10.0 Å². The molecule has 3 aromatic carbocycles. The van der Waals surface area contributed by atoms with Gasteiger partial charge in [-0.15, -0.1) is 0 Å². The van der Waals surface area contributed by atoms with Crippen LogP contribution in [0, 0.1) is 0 Å². The molecule has 0 aliphatic rings. The molecule has 0 saturated carbocycles. The van der Waals surface area contributed by atoms with Gasteiger partial charge in [-0.2, -0.15) is 0 Å². The van der Waals surface area contributed by atoms with E-state index < -0.39 is 5.91 Å². The molecular weight excluding hydrogens is 379 g/mol. The standard InChI is InChI=1S/C22H20Cl2N2O/c23-20-9-6-15(12-21(20)24)10-11-26-14-16-4-7-17(8-5-16)18-2-1-3-19(13-18)22(25)27/h1-9,12-13,26H,10-11,14H2,(H2,25,27). The first-order valence-corrected chi connectivity index (χ1v) is 9.42. The zero-order chi connectivity index (χ0) is 19.2. The third-order valence-corrected chi connectivity index (χ3v) is 5.08. The van der Waals surface area contributed by atoms with Crippen LogP contribution in [0.1, 0.15) is 21.5 Å². The zero-order valence-electron chi connectivity index (χ0n) is 14.7. The van der Waals surface area contributed by atoms with Crippen molar-refractivity contribution < 1.29 is 4.79 Å². The Hall–Kier alpha value is -2.33. The van der Waals surface area contributed by atoms with Crippen LogP contribution in [0.2, 0.25) is 10.0 Å². The summed E-state index contributed by atoms with van der Waals surface area (Å²) in [6.45, 7) is 1.63. The minimum atomic E-state index is -0.417. The Labute approximate surface area is 169 Å². The first kappa shape index (κ1) is 19.4. The summed E-state index contributed by atoms with van der Waals surface area (Å²) in [4.78, 5) is 11.3. The SMILES string of the molecule is NC(=O)c1cccc(-c2ccc(CNCCc3ccc(Cl)c(Cl)c3)cc2)c1. The van der Waals surface area contributed by atoms with E-state index in [1.807, 2.05) is 36.4 Å². The normalized spacial score (nSPS) is 10.7. The molecule has 3 rings (SSSR count). The fraction of sp³-hybridized carbons (Fsp3) is 0.136. The van der Waals surface area contributed by atoms with Crippen LogP contribution >= 0.6 is 23.2 Å². The largest absolute Gasteiger partial charge is 0.366 e. The second-order valence-corrected chi connectivity index (χ2v) is 7.13. The van der Waals surface area contributed by atoms with Gasteiger partial charge in [-0.05, 0) is 59.5 Å². The van der Waals surface area contributed by atoms with Crippen LogP contribution in [0.3, 0.4) is 0 Å². The predicted octanol–water partition coefficient (Wildman–Crippen LogP) is 5.09. The minimum absolute atomic E-state index is 0.417. The Bertz CT molecular complexity index is 939. The van der Waals surface area contributed by atoms with Gasteiger partial charge >= 0.3 is 0 Å². The van der Waals surface area contributed by atoms with Crippen LogP contribution in [0.5, 0.6) is 0 Å². The second-order valence-electron chi connectivity index (χ2n) is 6.32. The average molecular weight is 399 g/mol. The molecule has 3 aromatic rings. The molecule has 0 saturated heterocycles. The molecule has 5 heteroatoms. The minimum Gasteiger partial charge on any atom is -0.366 e. The highest BCUT2D eigenvalue weighted by Crippen LogP contribution is 2.23. The van der Waals surface area contributed by atoms with Crippen LogP contribution in [0.4, 0.5) is 0 Å². The fourth-order valence-electron chi connectivity index (χ4n) is 2.83. The first-order chi connectivity index (χ1) is 13.0. The number of hydrogen-bond donors (Lipinski definition) is 2. The van der Waals surface area contributed by atoms with Gasteiger partial charge in [-0.25, -0.2) is 0 Å². The van der Waals surface area contributed by atoms with E-state index in [0.717, 1.165) is 36.2 Å². The van der Waals surface area contributed by atoms with E-state index in [-0.39, 0.29) is 0 Å². The van der Waals surface area contributed by atoms with Crippen LogP contribution < -0.4 is 11.1 Å². The van der Waals surface area contributed by atoms with Gasteiger partial charge in [0.1, 0.15) is 0 Å². The summed E-state index contributed by atoms with van der Waals surface area (Å²) in [5.41, 5.74) is 10.2. The van der Waals surface area contributed by atoms with E-state index in [0.29, 0.717) is 15.6 Å². The van der Waals surface area contributed by atoms with E-state index in [1.54, 1.807) is 6.07 Å². The highest BCUT2D eigenvalue weighted by atomic mass is 35.5. The van der Waals surface area contributed by atoms with Gasteiger partial charge in [0.25, 0.3) is 0 Å². The average Bonchev–Trinajstić information content (AvgIpc) is 2.68. The van der Waals surface area contributed by atoms with Crippen molar-refractivity contribution >= 4 is 29.1 Å². The van der Waals surface area contributed by atoms with Gasteiger partial charge in [0, 0.05) is 12.1 Å². The molecule has 27 heavy (non-hydrogen) atoms. The molecule has 0 heterocycles. The molecule has 0 atom stereocenters. The molecule has 0 aliphatic carbocycles. The van der Waals surface area contributed by atoms with Crippen molar-refractivity contribution in [1.29, 1.82) is 0 Å². The highest BCUT2D eigenvalue weighted by molar-refractivity contribution is 6.42. The number of nitrogens with one attached hydrogen (secondary N) is 1. The van der Waals surface area contributed by atoms with Gasteiger partial charge in [-0.3, -0.25) is 4.79 Å². The molecule has 0 spiro atoms. The van der Waals surface area contributed by atoms with E-state index in [4.69, 9.17) is 28.9 Å². The van der Waals surface area contributed by atoms with Gasteiger partial charge in [0.15, 0.2) is 0 Å². The summed E-state index contributed by atoms with van der Waals surface area (Å²) < 4.78 is 0. The zero-order valence-corrected chi connectivity index (χ0v) is 16.2. The Balaban J connectivity index is 1.54. The van der Waals surface area contributed by atoms with Crippen molar-refractivity contribution in [3.63, 3.8) is 0 Å². The summed E-state index contributed by atoms with van der Waals surface area (Å²) >= 11 is 12.0. The Morgan fingerprint density at radius 3 is 2.30 bits per heavy atom. The maximum absolute atomic E-state index is 11.3. The van der Waals surface area contributed by atoms with Gasteiger partial charge in [-0.1, -0.05) is 65.7 Å². The van der Waals surface area contributed by atoms with Crippen molar-refractivity contribution in [1.82, 2.24) is 5.32 Å². The molecule has 0 aliphatic heterocycles. The number of rotatable bonds is 7. The molecule has 3 N–H and O–H groups in total. The summed E-state index contributed by atoms with van der Waals surface area (Å²) in [5.74, 6) is -0.417. The quantitative estimate of drug-likeness (QED) is 0.544. The Morgan fingerprint density at radius 1 is 0.852 bits per heavy atom. The topological polar surface area (TPSA) is 55.1 Å². The first-order valence-electron chi connectivity index (χ1n) is 8.67. The number of carbonyl (C=O) groups is 1.